The maximum Gasteiger partial charge on any atom is 0.270 e. The van der Waals surface area contributed by atoms with Crippen molar-refractivity contribution in [2.45, 2.75) is 6.92 Å². The smallest absolute Gasteiger partial charge is 0.268 e. The van der Waals surface area contributed by atoms with Crippen LogP contribution in [0.15, 0.2) is 77.7 Å². The van der Waals surface area contributed by atoms with Crippen LogP contribution in [0.2, 0.25) is 0 Å². The van der Waals surface area contributed by atoms with Gasteiger partial charge < -0.3 is 0 Å². The molecule has 1 aliphatic heterocycles. The van der Waals surface area contributed by atoms with Gasteiger partial charge in [0, 0.05) is 4.88 Å². The van der Waals surface area contributed by atoms with E-state index in [-0.39, 0.29) is 10.7 Å². The van der Waals surface area contributed by atoms with Gasteiger partial charge in [-0.25, -0.2) is 0 Å². The van der Waals surface area contributed by atoms with Crippen LogP contribution in [0.25, 0.3) is 6.08 Å². The zero-order valence-corrected chi connectivity index (χ0v) is 16.7. The third kappa shape index (κ3) is 3.17. The van der Waals surface area contributed by atoms with E-state index in [4.69, 9.17) is 12.2 Å². The number of hydrogen-bond donors (Lipinski definition) is 0. The number of aryl methyl sites for hydroxylation is 1. The molecular weight excluding hydrogens is 388 g/mol. The van der Waals surface area contributed by atoms with Gasteiger partial charge >= 0.3 is 0 Å². The first-order valence-electron chi connectivity index (χ1n) is 8.66. The molecule has 1 aliphatic rings. The summed E-state index contributed by atoms with van der Waals surface area (Å²) in [5, 5.41) is 2.08. The number of para-hydroxylation sites is 2. The molecule has 4 rings (SSSR count). The number of rotatable bonds is 3. The van der Waals surface area contributed by atoms with Gasteiger partial charge in [-0.15, -0.1) is 11.3 Å². The summed E-state index contributed by atoms with van der Waals surface area (Å²) in [5.41, 5.74) is 2.36. The van der Waals surface area contributed by atoms with Crippen molar-refractivity contribution in [3.63, 3.8) is 0 Å². The summed E-state index contributed by atoms with van der Waals surface area (Å²) in [6, 6.07) is 20.2. The minimum absolute atomic E-state index is 0.0897. The standard InChI is InChI=1S/C22H16N2O2S2/c1-15-12-13-28-19(15)14-18-20(25)23(16-8-4-2-5-9-16)22(27)24(21(18)26)17-10-6-3-7-11-17/h2-14H,1H3. The average molecular weight is 405 g/mol. The van der Waals surface area contributed by atoms with E-state index in [0.717, 1.165) is 10.4 Å². The van der Waals surface area contributed by atoms with Crippen LogP contribution in [-0.4, -0.2) is 16.9 Å². The fourth-order valence-corrected chi connectivity index (χ4v) is 4.24. The van der Waals surface area contributed by atoms with Crippen molar-refractivity contribution in [3.8, 4) is 0 Å². The van der Waals surface area contributed by atoms with E-state index in [9.17, 15) is 9.59 Å². The van der Waals surface area contributed by atoms with Crippen LogP contribution in [-0.2, 0) is 9.59 Å². The van der Waals surface area contributed by atoms with Gasteiger partial charge in [-0.1, -0.05) is 36.4 Å². The summed E-state index contributed by atoms with van der Waals surface area (Å²) in [7, 11) is 0. The Bertz CT molecular complexity index is 1020. The van der Waals surface area contributed by atoms with Gasteiger partial charge in [0.15, 0.2) is 5.11 Å². The van der Waals surface area contributed by atoms with E-state index in [1.807, 2.05) is 54.8 Å². The maximum absolute atomic E-state index is 13.3. The Morgan fingerprint density at radius 1 is 0.821 bits per heavy atom. The molecule has 0 N–H and O–H groups in total. The number of carbonyl (C=O) groups is 2. The van der Waals surface area contributed by atoms with Crippen molar-refractivity contribution < 1.29 is 9.59 Å². The number of nitrogens with zero attached hydrogens (tertiary/aromatic N) is 2. The summed E-state index contributed by atoms with van der Waals surface area (Å²) in [4.78, 5) is 30.3. The Morgan fingerprint density at radius 3 is 1.75 bits per heavy atom. The summed E-state index contributed by atoms with van der Waals surface area (Å²) < 4.78 is 0. The van der Waals surface area contributed by atoms with Crippen LogP contribution < -0.4 is 9.80 Å². The Hall–Kier alpha value is -3.09. The molecule has 3 aromatic rings. The lowest BCUT2D eigenvalue weighted by molar-refractivity contribution is -0.120. The first-order chi connectivity index (χ1) is 13.6. The molecule has 6 heteroatoms. The normalized spacial score (nSPS) is 14.6. The van der Waals surface area contributed by atoms with E-state index >= 15 is 0 Å². The highest BCUT2D eigenvalue weighted by atomic mass is 32.1. The minimum Gasteiger partial charge on any atom is -0.268 e. The summed E-state index contributed by atoms with van der Waals surface area (Å²) in [6.45, 7) is 1.95. The van der Waals surface area contributed by atoms with E-state index < -0.39 is 11.8 Å². The topological polar surface area (TPSA) is 40.6 Å². The number of carbonyl (C=O) groups excluding carboxylic acids is 2. The largest absolute Gasteiger partial charge is 0.270 e. The van der Waals surface area contributed by atoms with Gasteiger partial charge in [0.05, 0.1) is 11.4 Å². The fourth-order valence-electron chi connectivity index (χ4n) is 3.00. The van der Waals surface area contributed by atoms with E-state index in [0.29, 0.717) is 11.4 Å². The second kappa shape index (κ2) is 7.50. The predicted octanol–water partition coefficient (Wildman–Crippen LogP) is 4.80. The van der Waals surface area contributed by atoms with Gasteiger partial charge in [-0.2, -0.15) is 0 Å². The summed E-state index contributed by atoms with van der Waals surface area (Å²) in [5.74, 6) is -0.831. The van der Waals surface area contributed by atoms with E-state index in [2.05, 4.69) is 0 Å². The Morgan fingerprint density at radius 2 is 1.32 bits per heavy atom. The minimum atomic E-state index is -0.416. The average Bonchev–Trinajstić information content (AvgIpc) is 3.11. The highest BCUT2D eigenvalue weighted by molar-refractivity contribution is 7.81. The van der Waals surface area contributed by atoms with E-state index in [1.54, 1.807) is 30.3 Å². The quantitative estimate of drug-likeness (QED) is 0.358. The highest BCUT2D eigenvalue weighted by Crippen LogP contribution is 2.30. The van der Waals surface area contributed by atoms with Gasteiger partial charge in [0.1, 0.15) is 5.57 Å². The predicted molar refractivity (Wildman–Crippen MR) is 117 cm³/mol. The first kappa shape index (κ1) is 18.3. The van der Waals surface area contributed by atoms with Gasteiger partial charge in [-0.3, -0.25) is 19.4 Å². The molecule has 28 heavy (non-hydrogen) atoms. The van der Waals surface area contributed by atoms with Crippen LogP contribution in [0.4, 0.5) is 11.4 Å². The van der Waals surface area contributed by atoms with Crippen molar-refractivity contribution in [2.24, 2.45) is 0 Å². The molecule has 1 saturated heterocycles. The fraction of sp³-hybridized carbons (Fsp3) is 0.0455. The molecule has 1 fully saturated rings. The number of amides is 2. The number of thiophene rings is 1. The highest BCUT2D eigenvalue weighted by Gasteiger charge is 2.41. The SMILES string of the molecule is Cc1ccsc1C=C1C(=O)N(c2ccccc2)C(=S)N(c2ccccc2)C1=O. The molecule has 138 valence electrons. The third-order valence-electron chi connectivity index (χ3n) is 4.46. The molecule has 0 unspecified atom stereocenters. The van der Waals surface area contributed by atoms with Crippen molar-refractivity contribution in [1.82, 2.24) is 0 Å². The molecule has 0 spiro atoms. The van der Waals surface area contributed by atoms with Crippen molar-refractivity contribution in [2.75, 3.05) is 9.80 Å². The number of thiocarbonyl (C=S) groups is 1. The van der Waals surface area contributed by atoms with Gasteiger partial charge in [0.2, 0.25) is 0 Å². The lowest BCUT2D eigenvalue weighted by Crippen LogP contribution is -2.56. The Balaban J connectivity index is 1.88. The molecule has 1 aromatic heterocycles. The second-order valence-corrected chi connectivity index (χ2v) is 7.57. The lowest BCUT2D eigenvalue weighted by atomic mass is 10.1. The lowest BCUT2D eigenvalue weighted by Gasteiger charge is -2.36. The number of benzene rings is 2. The molecule has 0 atom stereocenters. The summed E-state index contributed by atoms with van der Waals surface area (Å²) in [6.07, 6.45) is 1.66. The van der Waals surface area contributed by atoms with Crippen LogP contribution >= 0.6 is 23.6 Å². The molecule has 2 aromatic carbocycles. The van der Waals surface area contributed by atoms with Gasteiger partial charge in [-0.05, 0) is 66.5 Å². The molecule has 2 heterocycles. The number of anilines is 2. The molecule has 0 bridgehead atoms. The van der Waals surface area contributed by atoms with Gasteiger partial charge in [0.25, 0.3) is 11.8 Å². The third-order valence-corrected chi connectivity index (χ3v) is 5.79. The van der Waals surface area contributed by atoms with E-state index in [1.165, 1.54) is 21.1 Å². The van der Waals surface area contributed by atoms with Crippen molar-refractivity contribution in [1.29, 1.82) is 0 Å². The monoisotopic (exact) mass is 404 g/mol. The molecule has 0 aliphatic carbocycles. The van der Waals surface area contributed by atoms with Crippen LogP contribution in [0.3, 0.4) is 0 Å². The molecular formula is C22H16N2O2S2. The van der Waals surface area contributed by atoms with Crippen molar-refractivity contribution in [3.05, 3.63) is 88.1 Å². The van der Waals surface area contributed by atoms with Crippen molar-refractivity contribution >= 4 is 57.9 Å². The zero-order valence-electron chi connectivity index (χ0n) is 15.0. The Labute approximate surface area is 172 Å². The molecule has 0 saturated carbocycles. The van der Waals surface area contributed by atoms with Crippen LogP contribution in [0.1, 0.15) is 10.4 Å². The first-order valence-corrected chi connectivity index (χ1v) is 9.95. The van der Waals surface area contributed by atoms with Crippen LogP contribution in [0, 0.1) is 6.92 Å². The maximum atomic E-state index is 13.3. The molecule has 0 radical (unpaired) electrons. The molecule has 2 amide bonds. The second-order valence-electron chi connectivity index (χ2n) is 6.26. The Kier molecular flexibility index (Phi) is 4.90. The zero-order chi connectivity index (χ0) is 19.7. The summed E-state index contributed by atoms with van der Waals surface area (Å²) >= 11 is 7.07. The van der Waals surface area contributed by atoms with Crippen LogP contribution in [0.5, 0.6) is 0 Å². The molecule has 4 nitrogen and oxygen atoms in total. The number of hydrogen-bond acceptors (Lipinski definition) is 4.